The largest absolute Gasteiger partial charge is 0.318 e. The summed E-state index contributed by atoms with van der Waals surface area (Å²) in [6, 6.07) is 8.45. The van der Waals surface area contributed by atoms with Crippen LogP contribution in [0.2, 0.25) is 0 Å². The van der Waals surface area contributed by atoms with E-state index in [4.69, 9.17) is 5.41 Å². The molecule has 4 rings (SSSR count). The summed E-state index contributed by atoms with van der Waals surface area (Å²) in [6.07, 6.45) is 2.58. The van der Waals surface area contributed by atoms with E-state index in [-0.39, 0.29) is 17.3 Å². The fourth-order valence-corrected chi connectivity index (χ4v) is 4.98. The van der Waals surface area contributed by atoms with Crippen LogP contribution >= 0.6 is 11.8 Å². The van der Waals surface area contributed by atoms with Gasteiger partial charge in [-0.2, -0.15) is 15.1 Å². The Morgan fingerprint density at radius 1 is 1.16 bits per heavy atom. The molecule has 0 spiro atoms. The van der Waals surface area contributed by atoms with Crippen LogP contribution in [0.25, 0.3) is 11.8 Å². The molecule has 1 amide bonds. The number of aromatic nitrogens is 1. The van der Waals surface area contributed by atoms with Crippen LogP contribution in [0.3, 0.4) is 0 Å². The second-order valence-corrected chi connectivity index (χ2v) is 9.60. The van der Waals surface area contributed by atoms with Gasteiger partial charge in [-0.1, -0.05) is 26.0 Å². The van der Waals surface area contributed by atoms with E-state index >= 15 is 0 Å². The van der Waals surface area contributed by atoms with Gasteiger partial charge in [0.2, 0.25) is 5.17 Å². The zero-order valence-corrected chi connectivity index (χ0v) is 19.6. The maximum atomic E-state index is 12.8. The number of nitrogens with one attached hydrogen (secondary N) is 1. The highest BCUT2D eigenvalue weighted by Gasteiger charge is 2.35. The highest BCUT2D eigenvalue weighted by Crippen LogP contribution is 2.32. The predicted molar refractivity (Wildman–Crippen MR) is 129 cm³/mol. The number of hydrazone groups is 1. The lowest BCUT2D eigenvalue weighted by atomic mass is 10.1. The number of amides is 1. The molecule has 0 bridgehead atoms. The molecule has 1 aromatic carbocycles. The highest BCUT2D eigenvalue weighted by atomic mass is 32.2. The Hall–Kier alpha value is -2.93. The predicted octanol–water partition coefficient (Wildman–Crippen LogP) is 5.38. The fourth-order valence-electron chi connectivity index (χ4n) is 3.88. The van der Waals surface area contributed by atoms with Crippen molar-refractivity contribution in [3.05, 3.63) is 57.9 Å². The van der Waals surface area contributed by atoms with Crippen LogP contribution in [-0.4, -0.2) is 31.5 Å². The molecule has 31 heavy (non-hydrogen) atoms. The standard InChI is InChI=1S/C24H27N5OS/c1-13(2)9-21-27-29-22(25)19(23(30)26-24(29)31-21)12-18-11-16(5)28(17(18)6)20-10-14(3)7-8-15(20)4/h7-8,10-13,25H,9H2,1-6H3/b19-12-,25-22?. The van der Waals surface area contributed by atoms with Crippen molar-refractivity contribution in [2.45, 2.75) is 48.0 Å². The minimum absolute atomic E-state index is 0.0813. The molecule has 6 nitrogen and oxygen atoms in total. The summed E-state index contributed by atoms with van der Waals surface area (Å²) in [5.74, 6) is 0.141. The molecule has 1 aromatic heterocycles. The summed E-state index contributed by atoms with van der Waals surface area (Å²) in [6.45, 7) is 12.5. The zero-order chi connectivity index (χ0) is 22.4. The number of hydrogen-bond acceptors (Lipinski definition) is 4. The number of aryl methyl sites for hydroxylation is 3. The van der Waals surface area contributed by atoms with Gasteiger partial charge in [0.25, 0.3) is 5.91 Å². The monoisotopic (exact) mass is 433 g/mol. The number of carbonyl (C=O) groups excluding carboxylic acids is 1. The lowest BCUT2D eigenvalue weighted by Crippen LogP contribution is -2.35. The molecule has 7 heteroatoms. The smallest absolute Gasteiger partial charge is 0.283 e. The van der Waals surface area contributed by atoms with Gasteiger partial charge in [0.1, 0.15) is 5.04 Å². The van der Waals surface area contributed by atoms with Crippen molar-refractivity contribution < 1.29 is 4.79 Å². The topological polar surface area (TPSA) is 73.8 Å². The number of carbonyl (C=O) groups is 1. The van der Waals surface area contributed by atoms with Gasteiger partial charge in [-0.25, -0.2) is 0 Å². The SMILES string of the molecule is Cc1ccc(C)c(-n2c(C)cc(/C=C3/C(=N)N4N=C(CC(C)C)SC4=NC3=O)c2C)c1. The van der Waals surface area contributed by atoms with Gasteiger partial charge >= 0.3 is 0 Å². The first-order chi connectivity index (χ1) is 14.7. The lowest BCUT2D eigenvalue weighted by molar-refractivity contribution is -0.114. The first kappa shape index (κ1) is 21.3. The molecule has 0 aliphatic carbocycles. The van der Waals surface area contributed by atoms with E-state index in [1.807, 2.05) is 6.92 Å². The first-order valence-electron chi connectivity index (χ1n) is 10.4. The maximum Gasteiger partial charge on any atom is 0.283 e. The zero-order valence-electron chi connectivity index (χ0n) is 18.8. The van der Waals surface area contributed by atoms with E-state index < -0.39 is 0 Å². The Labute approximate surface area is 187 Å². The molecular weight excluding hydrogens is 406 g/mol. The summed E-state index contributed by atoms with van der Waals surface area (Å²) < 4.78 is 2.20. The number of fused-ring (bicyclic) bond motifs is 1. The second-order valence-electron chi connectivity index (χ2n) is 8.56. The van der Waals surface area contributed by atoms with E-state index in [1.165, 1.54) is 27.9 Å². The molecule has 0 unspecified atom stereocenters. The molecule has 1 N–H and O–H groups in total. The van der Waals surface area contributed by atoms with Crippen LogP contribution < -0.4 is 0 Å². The van der Waals surface area contributed by atoms with Gasteiger partial charge in [-0.05, 0) is 80.3 Å². The van der Waals surface area contributed by atoms with E-state index in [1.54, 1.807) is 6.08 Å². The van der Waals surface area contributed by atoms with Crippen molar-refractivity contribution >= 4 is 39.8 Å². The summed E-state index contributed by atoms with van der Waals surface area (Å²) in [5, 5.41) is 16.0. The van der Waals surface area contributed by atoms with Crippen molar-refractivity contribution in [3.8, 4) is 5.69 Å². The molecule has 160 valence electrons. The fraction of sp³-hybridized carbons (Fsp3) is 0.333. The number of nitrogens with zero attached hydrogens (tertiary/aromatic N) is 4. The van der Waals surface area contributed by atoms with E-state index in [0.717, 1.165) is 34.1 Å². The van der Waals surface area contributed by atoms with Crippen molar-refractivity contribution in [1.29, 1.82) is 5.41 Å². The molecule has 0 atom stereocenters. The van der Waals surface area contributed by atoms with Gasteiger partial charge in [0.05, 0.1) is 5.57 Å². The van der Waals surface area contributed by atoms with Crippen molar-refractivity contribution in [2.75, 3.05) is 0 Å². The minimum Gasteiger partial charge on any atom is -0.318 e. The summed E-state index contributed by atoms with van der Waals surface area (Å²) >= 11 is 1.38. The molecule has 0 fully saturated rings. The Morgan fingerprint density at radius 2 is 1.90 bits per heavy atom. The molecule has 0 saturated heterocycles. The summed E-state index contributed by atoms with van der Waals surface area (Å²) in [7, 11) is 0. The van der Waals surface area contributed by atoms with Gasteiger partial charge < -0.3 is 4.57 Å². The van der Waals surface area contributed by atoms with Gasteiger partial charge in [0, 0.05) is 23.5 Å². The Balaban J connectivity index is 1.73. The van der Waals surface area contributed by atoms with Crippen molar-refractivity contribution in [2.24, 2.45) is 16.0 Å². The Kier molecular flexibility index (Phi) is 5.47. The Morgan fingerprint density at radius 3 is 2.61 bits per heavy atom. The van der Waals surface area contributed by atoms with Crippen molar-refractivity contribution in [3.63, 3.8) is 0 Å². The quantitative estimate of drug-likeness (QED) is 0.658. The third-order valence-corrected chi connectivity index (χ3v) is 6.39. The number of aliphatic imine (C=N–C) groups is 1. The third-order valence-electron chi connectivity index (χ3n) is 5.45. The van der Waals surface area contributed by atoms with Crippen LogP contribution in [0, 0.1) is 39.0 Å². The van der Waals surface area contributed by atoms with E-state index in [2.05, 4.69) is 73.5 Å². The van der Waals surface area contributed by atoms with E-state index in [9.17, 15) is 4.79 Å². The van der Waals surface area contributed by atoms with Crippen LogP contribution in [-0.2, 0) is 4.79 Å². The average Bonchev–Trinajstić information content (AvgIpc) is 3.20. The molecule has 3 heterocycles. The summed E-state index contributed by atoms with van der Waals surface area (Å²) in [5.41, 5.74) is 6.77. The van der Waals surface area contributed by atoms with Crippen LogP contribution in [0.4, 0.5) is 0 Å². The number of thioether (sulfide) groups is 1. The number of amidine groups is 2. The molecule has 2 aliphatic heterocycles. The summed E-state index contributed by atoms with van der Waals surface area (Å²) in [4.78, 5) is 17.0. The highest BCUT2D eigenvalue weighted by molar-refractivity contribution is 8.26. The second kappa shape index (κ2) is 7.96. The molecule has 2 aliphatic rings. The Bertz CT molecular complexity index is 1200. The minimum atomic E-state index is -0.388. The molecule has 2 aromatic rings. The van der Waals surface area contributed by atoms with E-state index in [0.29, 0.717) is 11.1 Å². The average molecular weight is 434 g/mol. The normalized spacial score (nSPS) is 17.5. The number of rotatable bonds is 4. The third kappa shape index (κ3) is 3.90. The lowest BCUT2D eigenvalue weighted by Gasteiger charge is -2.20. The van der Waals surface area contributed by atoms with Gasteiger partial charge in [0.15, 0.2) is 5.84 Å². The molecular formula is C24H27N5OS. The number of benzene rings is 1. The number of hydrogen-bond donors (Lipinski definition) is 1. The van der Waals surface area contributed by atoms with Crippen LogP contribution in [0.5, 0.6) is 0 Å². The maximum absolute atomic E-state index is 12.8. The molecule has 0 radical (unpaired) electrons. The molecule has 0 saturated carbocycles. The van der Waals surface area contributed by atoms with Crippen LogP contribution in [0.1, 0.15) is 48.3 Å². The van der Waals surface area contributed by atoms with Gasteiger partial charge in [-0.15, -0.1) is 0 Å². The van der Waals surface area contributed by atoms with Gasteiger partial charge in [-0.3, -0.25) is 10.2 Å². The van der Waals surface area contributed by atoms with Crippen molar-refractivity contribution in [1.82, 2.24) is 9.58 Å². The first-order valence-corrected chi connectivity index (χ1v) is 11.2. The van der Waals surface area contributed by atoms with Crippen LogP contribution in [0.15, 0.2) is 39.9 Å².